The van der Waals surface area contributed by atoms with Gasteiger partial charge in [-0.25, -0.2) is 0 Å². The highest BCUT2D eigenvalue weighted by Gasteiger charge is 2.35. The second-order valence-electron chi connectivity index (χ2n) is 6.49. The van der Waals surface area contributed by atoms with Gasteiger partial charge in [-0.2, -0.15) is 0 Å². The summed E-state index contributed by atoms with van der Waals surface area (Å²) in [5.74, 6) is 1.41. The van der Waals surface area contributed by atoms with E-state index in [-0.39, 0.29) is 6.10 Å². The summed E-state index contributed by atoms with van der Waals surface area (Å²) in [5, 5.41) is 2.60. The average Bonchev–Trinajstić information content (AvgIpc) is 3.14. The smallest absolute Gasteiger partial charge is 0.132 e. The van der Waals surface area contributed by atoms with Gasteiger partial charge in [0.1, 0.15) is 11.9 Å². The Morgan fingerprint density at radius 1 is 0.739 bits per heavy atom. The molecule has 2 atom stereocenters. The van der Waals surface area contributed by atoms with E-state index in [0.29, 0.717) is 5.92 Å². The molecule has 0 spiro atoms. The number of fused-ring (bicyclic) bond motifs is 7. The van der Waals surface area contributed by atoms with Gasteiger partial charge in [0.05, 0.1) is 0 Å². The molecule has 1 heteroatoms. The van der Waals surface area contributed by atoms with Gasteiger partial charge in [0.2, 0.25) is 0 Å². The molecule has 0 fully saturated rings. The Kier molecular flexibility index (Phi) is 2.01. The van der Waals surface area contributed by atoms with Crippen LogP contribution in [0.3, 0.4) is 0 Å². The molecule has 0 amide bonds. The van der Waals surface area contributed by atoms with Crippen LogP contribution in [-0.2, 0) is 0 Å². The number of allylic oxidation sites excluding steroid dienone is 2. The molecule has 108 valence electrons. The largest absolute Gasteiger partial charge is 0.484 e. The van der Waals surface area contributed by atoms with Crippen LogP contribution in [0.2, 0.25) is 0 Å². The van der Waals surface area contributed by atoms with Crippen molar-refractivity contribution in [3.05, 3.63) is 78.4 Å². The minimum atomic E-state index is 0.145. The van der Waals surface area contributed by atoms with Crippen molar-refractivity contribution in [3.8, 4) is 28.0 Å². The van der Waals surface area contributed by atoms with E-state index < -0.39 is 0 Å². The maximum atomic E-state index is 6.32. The van der Waals surface area contributed by atoms with Crippen molar-refractivity contribution in [1.29, 1.82) is 0 Å². The first kappa shape index (κ1) is 11.7. The summed E-state index contributed by atoms with van der Waals surface area (Å²) in [6, 6.07) is 17.7. The fraction of sp³-hybridized carbons (Fsp3) is 0.0909. The lowest BCUT2D eigenvalue weighted by Crippen LogP contribution is -2.15. The Morgan fingerprint density at radius 2 is 1.52 bits per heavy atom. The number of rotatable bonds is 0. The van der Waals surface area contributed by atoms with E-state index in [4.69, 9.17) is 4.74 Å². The molecular weight excluding hydrogens is 280 g/mol. The van der Waals surface area contributed by atoms with Crippen molar-refractivity contribution in [3.63, 3.8) is 0 Å². The Hall–Kier alpha value is -2.80. The predicted octanol–water partition coefficient (Wildman–Crippen LogP) is 5.46. The molecule has 0 radical (unpaired) electrons. The van der Waals surface area contributed by atoms with Gasteiger partial charge in [0.25, 0.3) is 0 Å². The average molecular weight is 294 g/mol. The lowest BCUT2D eigenvalue weighted by atomic mass is 9.89. The van der Waals surface area contributed by atoms with Crippen molar-refractivity contribution in [2.75, 3.05) is 0 Å². The second-order valence-corrected chi connectivity index (χ2v) is 6.49. The minimum absolute atomic E-state index is 0.145. The van der Waals surface area contributed by atoms with Crippen molar-refractivity contribution in [1.82, 2.24) is 0 Å². The van der Waals surface area contributed by atoms with Crippen molar-refractivity contribution in [2.24, 2.45) is 0 Å². The monoisotopic (exact) mass is 294 g/mol. The van der Waals surface area contributed by atoms with Crippen LogP contribution in [0.5, 0.6) is 5.75 Å². The third-order valence-corrected chi connectivity index (χ3v) is 5.35. The molecule has 23 heavy (non-hydrogen) atoms. The minimum Gasteiger partial charge on any atom is -0.484 e. The Balaban J connectivity index is 1.76. The summed E-state index contributed by atoms with van der Waals surface area (Å²) in [6.07, 6.45) is 8.79. The SMILES string of the molecule is C1=CC2Oc3c(cc4c5c(cccc35)-c3ccccc3-4)C2C=C1. The van der Waals surface area contributed by atoms with Gasteiger partial charge in [0.15, 0.2) is 0 Å². The lowest BCUT2D eigenvalue weighted by Gasteiger charge is -2.14. The third-order valence-electron chi connectivity index (χ3n) is 5.35. The molecule has 1 heterocycles. The van der Waals surface area contributed by atoms with E-state index in [9.17, 15) is 0 Å². The van der Waals surface area contributed by atoms with Crippen molar-refractivity contribution in [2.45, 2.75) is 12.0 Å². The van der Waals surface area contributed by atoms with E-state index in [0.717, 1.165) is 5.75 Å². The highest BCUT2D eigenvalue weighted by Crippen LogP contribution is 2.54. The Bertz CT molecular complexity index is 1060. The molecule has 6 rings (SSSR count). The molecule has 2 aliphatic carbocycles. The second kappa shape index (κ2) is 3.94. The first-order valence-electron chi connectivity index (χ1n) is 8.13. The van der Waals surface area contributed by atoms with Gasteiger partial charge in [-0.1, -0.05) is 60.7 Å². The summed E-state index contributed by atoms with van der Waals surface area (Å²) in [6.45, 7) is 0. The molecule has 0 saturated heterocycles. The molecule has 0 bridgehead atoms. The van der Waals surface area contributed by atoms with Crippen LogP contribution in [0, 0.1) is 0 Å². The van der Waals surface area contributed by atoms with Crippen molar-refractivity contribution >= 4 is 10.8 Å². The van der Waals surface area contributed by atoms with E-state index in [2.05, 4.69) is 72.8 Å². The van der Waals surface area contributed by atoms with Crippen LogP contribution in [0.1, 0.15) is 11.5 Å². The first-order valence-corrected chi connectivity index (χ1v) is 8.13. The summed E-state index contributed by atoms with van der Waals surface area (Å²) in [7, 11) is 0. The fourth-order valence-electron chi connectivity index (χ4n) is 4.37. The summed E-state index contributed by atoms with van der Waals surface area (Å²) in [4.78, 5) is 0. The van der Waals surface area contributed by atoms with Gasteiger partial charge < -0.3 is 4.74 Å². The number of hydrogen-bond acceptors (Lipinski definition) is 1. The zero-order valence-corrected chi connectivity index (χ0v) is 12.5. The maximum Gasteiger partial charge on any atom is 0.132 e. The molecule has 3 aliphatic rings. The zero-order valence-electron chi connectivity index (χ0n) is 12.5. The van der Waals surface area contributed by atoms with E-state index in [1.807, 2.05) is 0 Å². The highest BCUT2D eigenvalue weighted by atomic mass is 16.5. The number of benzene rings is 3. The molecule has 0 N–H and O–H groups in total. The normalized spacial score (nSPS) is 21.9. The van der Waals surface area contributed by atoms with Crippen LogP contribution in [0.15, 0.2) is 72.8 Å². The van der Waals surface area contributed by atoms with Gasteiger partial charge in [-0.05, 0) is 34.4 Å². The lowest BCUT2D eigenvalue weighted by molar-refractivity contribution is 0.271. The molecule has 0 aromatic heterocycles. The first-order chi connectivity index (χ1) is 11.4. The van der Waals surface area contributed by atoms with Gasteiger partial charge in [0, 0.05) is 22.3 Å². The van der Waals surface area contributed by atoms with Gasteiger partial charge in [-0.15, -0.1) is 0 Å². The molecule has 1 aliphatic heterocycles. The highest BCUT2D eigenvalue weighted by molar-refractivity contribution is 6.17. The Morgan fingerprint density at radius 3 is 2.43 bits per heavy atom. The standard InChI is InChI=1S/C22H14O/c1-2-7-14-13(6-1)16-9-5-10-17-21(16)18(14)12-19-15-8-3-4-11-20(15)23-22(17)19/h1-12,15,20H. The van der Waals surface area contributed by atoms with Crippen LogP contribution in [-0.4, -0.2) is 6.10 Å². The summed E-state index contributed by atoms with van der Waals surface area (Å²) >= 11 is 0. The van der Waals surface area contributed by atoms with E-state index in [1.54, 1.807) is 0 Å². The number of hydrogen-bond donors (Lipinski definition) is 0. The molecule has 0 saturated carbocycles. The quantitative estimate of drug-likeness (QED) is 0.418. The van der Waals surface area contributed by atoms with Crippen LogP contribution >= 0.6 is 0 Å². The van der Waals surface area contributed by atoms with E-state index >= 15 is 0 Å². The molecule has 2 unspecified atom stereocenters. The summed E-state index contributed by atoms with van der Waals surface area (Å²) in [5.41, 5.74) is 6.71. The van der Waals surface area contributed by atoms with Crippen LogP contribution in [0.4, 0.5) is 0 Å². The number of ether oxygens (including phenoxy) is 1. The van der Waals surface area contributed by atoms with Crippen LogP contribution in [0.25, 0.3) is 33.0 Å². The Labute approximate surface area is 134 Å². The topological polar surface area (TPSA) is 9.23 Å². The third kappa shape index (κ3) is 1.34. The van der Waals surface area contributed by atoms with Gasteiger partial charge in [-0.3, -0.25) is 0 Å². The van der Waals surface area contributed by atoms with Crippen LogP contribution < -0.4 is 4.74 Å². The predicted molar refractivity (Wildman–Crippen MR) is 93.8 cm³/mol. The molecule has 3 aromatic rings. The van der Waals surface area contributed by atoms with Crippen molar-refractivity contribution < 1.29 is 4.74 Å². The molecule has 1 nitrogen and oxygen atoms in total. The van der Waals surface area contributed by atoms with E-state index in [1.165, 1.54) is 38.6 Å². The fourth-order valence-corrected chi connectivity index (χ4v) is 4.37. The van der Waals surface area contributed by atoms with Gasteiger partial charge >= 0.3 is 0 Å². The molecular formula is C22H14O. The zero-order chi connectivity index (χ0) is 15.0. The molecule has 3 aromatic carbocycles. The maximum absolute atomic E-state index is 6.32. The summed E-state index contributed by atoms with van der Waals surface area (Å²) < 4.78 is 6.32.